The number of carbonyl (C=O) groups is 1. The molecule has 1 unspecified atom stereocenters. The molecule has 0 bridgehead atoms. The average molecular weight is 488 g/mol. The number of hydrogen-bond donors (Lipinski definition) is 1. The molecular formula is C23H29N5O3S2. The topological polar surface area (TPSA) is 95.5 Å². The van der Waals surface area contributed by atoms with Crippen molar-refractivity contribution in [3.63, 3.8) is 0 Å². The van der Waals surface area contributed by atoms with Gasteiger partial charge >= 0.3 is 0 Å². The molecule has 1 aliphatic rings. The van der Waals surface area contributed by atoms with Gasteiger partial charge in [-0.15, -0.1) is 0 Å². The van der Waals surface area contributed by atoms with E-state index in [0.717, 1.165) is 31.2 Å². The van der Waals surface area contributed by atoms with Crippen molar-refractivity contribution in [2.45, 2.75) is 30.7 Å². The van der Waals surface area contributed by atoms with Crippen LogP contribution in [0, 0.1) is 5.92 Å². The number of nitrogens with zero attached hydrogens (tertiary/aromatic N) is 4. The van der Waals surface area contributed by atoms with Gasteiger partial charge in [-0.1, -0.05) is 36.4 Å². The molecule has 8 nitrogen and oxygen atoms in total. The Kier molecular flexibility index (Phi) is 7.69. The first-order valence-electron chi connectivity index (χ1n) is 11.2. The maximum absolute atomic E-state index is 13.3. The molecule has 2 heterocycles. The van der Waals surface area contributed by atoms with Gasteiger partial charge < -0.3 is 10.2 Å². The first-order chi connectivity index (χ1) is 15.9. The van der Waals surface area contributed by atoms with Crippen LogP contribution in [0.2, 0.25) is 0 Å². The molecule has 1 aromatic heterocycles. The maximum atomic E-state index is 13.3. The number of aromatic nitrogens is 2. The standard InChI is InChI=1S/C23H29N5O3S2/c1-27(16-18-8-3-2-4-9-18)14-7-13-24-23(29)19-10-6-15-28(17-19)33(30,31)21-12-5-11-20-22(21)26-32-25-20/h2-5,8-9,11-12,19H,6-7,10,13-17H2,1H3,(H,24,29). The highest BCUT2D eigenvalue weighted by molar-refractivity contribution is 7.89. The molecule has 33 heavy (non-hydrogen) atoms. The van der Waals surface area contributed by atoms with E-state index in [1.54, 1.807) is 18.2 Å². The van der Waals surface area contributed by atoms with E-state index >= 15 is 0 Å². The molecule has 10 heteroatoms. The summed E-state index contributed by atoms with van der Waals surface area (Å²) in [5, 5.41) is 3.00. The lowest BCUT2D eigenvalue weighted by molar-refractivity contribution is -0.126. The van der Waals surface area contributed by atoms with Crippen LogP contribution in [-0.2, 0) is 21.4 Å². The smallest absolute Gasteiger partial charge is 0.245 e. The number of hydrogen-bond acceptors (Lipinski definition) is 7. The third-order valence-electron chi connectivity index (χ3n) is 5.93. The van der Waals surface area contributed by atoms with Gasteiger partial charge in [0.1, 0.15) is 15.9 Å². The fourth-order valence-corrected chi connectivity index (χ4v) is 6.46. The molecular weight excluding hydrogens is 458 g/mol. The Bertz CT molecular complexity index is 1180. The Morgan fingerprint density at radius 1 is 1.18 bits per heavy atom. The van der Waals surface area contributed by atoms with E-state index in [9.17, 15) is 13.2 Å². The van der Waals surface area contributed by atoms with E-state index in [4.69, 9.17) is 0 Å². The molecule has 1 saturated heterocycles. The molecule has 1 N–H and O–H groups in total. The van der Waals surface area contributed by atoms with Crippen LogP contribution in [0.25, 0.3) is 11.0 Å². The van der Waals surface area contributed by atoms with Crippen molar-refractivity contribution in [1.82, 2.24) is 23.3 Å². The van der Waals surface area contributed by atoms with Crippen molar-refractivity contribution in [3.05, 3.63) is 54.1 Å². The van der Waals surface area contributed by atoms with Crippen molar-refractivity contribution in [1.29, 1.82) is 0 Å². The molecule has 0 aliphatic carbocycles. The van der Waals surface area contributed by atoms with E-state index in [2.05, 4.69) is 38.1 Å². The highest BCUT2D eigenvalue weighted by Gasteiger charge is 2.34. The minimum atomic E-state index is -3.74. The number of fused-ring (bicyclic) bond motifs is 1. The summed E-state index contributed by atoms with van der Waals surface area (Å²) in [6.07, 6.45) is 2.18. The number of amides is 1. The van der Waals surface area contributed by atoms with Crippen molar-refractivity contribution in [2.24, 2.45) is 5.92 Å². The summed E-state index contributed by atoms with van der Waals surface area (Å²) in [4.78, 5) is 15.1. The Morgan fingerprint density at radius 2 is 2.00 bits per heavy atom. The van der Waals surface area contributed by atoms with Crippen LogP contribution in [0.4, 0.5) is 0 Å². The Labute approximate surface area is 199 Å². The second kappa shape index (κ2) is 10.7. The largest absolute Gasteiger partial charge is 0.356 e. The quantitative estimate of drug-likeness (QED) is 0.467. The predicted molar refractivity (Wildman–Crippen MR) is 129 cm³/mol. The molecule has 1 aliphatic heterocycles. The first kappa shape index (κ1) is 23.7. The number of rotatable bonds is 9. The zero-order valence-electron chi connectivity index (χ0n) is 18.7. The molecule has 0 saturated carbocycles. The van der Waals surface area contributed by atoms with Crippen LogP contribution < -0.4 is 5.32 Å². The second-order valence-electron chi connectivity index (χ2n) is 8.46. The Morgan fingerprint density at radius 3 is 2.82 bits per heavy atom. The lowest BCUT2D eigenvalue weighted by Crippen LogP contribution is -2.45. The summed E-state index contributed by atoms with van der Waals surface area (Å²) < 4.78 is 36.3. The predicted octanol–water partition coefficient (Wildman–Crippen LogP) is 2.73. The van der Waals surface area contributed by atoms with Gasteiger partial charge in [0, 0.05) is 26.2 Å². The molecule has 2 aromatic carbocycles. The number of sulfonamides is 1. The lowest BCUT2D eigenvalue weighted by atomic mass is 9.99. The molecule has 176 valence electrons. The van der Waals surface area contributed by atoms with Gasteiger partial charge in [0.25, 0.3) is 0 Å². The van der Waals surface area contributed by atoms with Crippen LogP contribution in [0.1, 0.15) is 24.8 Å². The summed E-state index contributed by atoms with van der Waals surface area (Å²) in [7, 11) is -1.67. The minimum Gasteiger partial charge on any atom is -0.356 e. The molecule has 1 fully saturated rings. The Hall–Kier alpha value is -2.40. The average Bonchev–Trinajstić information content (AvgIpc) is 3.31. The number of carbonyl (C=O) groups excluding carboxylic acids is 1. The van der Waals surface area contributed by atoms with Crippen LogP contribution in [-0.4, -0.2) is 65.5 Å². The van der Waals surface area contributed by atoms with Crippen LogP contribution in [0.15, 0.2) is 53.4 Å². The van der Waals surface area contributed by atoms with E-state index < -0.39 is 10.0 Å². The number of benzene rings is 2. The molecule has 3 aromatic rings. The summed E-state index contributed by atoms with van der Waals surface area (Å²) in [5.74, 6) is -0.419. The number of nitrogens with one attached hydrogen (secondary N) is 1. The minimum absolute atomic E-state index is 0.0749. The first-order valence-corrected chi connectivity index (χ1v) is 13.3. The van der Waals surface area contributed by atoms with Crippen LogP contribution >= 0.6 is 11.7 Å². The van der Waals surface area contributed by atoms with Gasteiger partial charge in [0.2, 0.25) is 15.9 Å². The monoisotopic (exact) mass is 487 g/mol. The Balaban J connectivity index is 1.28. The SMILES string of the molecule is CN(CCCNC(=O)C1CCCN(S(=O)(=O)c2cccc3nsnc23)C1)Cc1ccccc1. The fourth-order valence-electron chi connectivity index (χ4n) is 4.18. The van der Waals surface area contributed by atoms with Crippen molar-refractivity contribution in [3.8, 4) is 0 Å². The second-order valence-corrected chi connectivity index (χ2v) is 10.9. The zero-order valence-corrected chi connectivity index (χ0v) is 20.3. The van der Waals surface area contributed by atoms with Crippen molar-refractivity contribution >= 4 is 38.7 Å². The van der Waals surface area contributed by atoms with Gasteiger partial charge in [-0.3, -0.25) is 4.79 Å². The highest BCUT2D eigenvalue weighted by atomic mass is 32.2. The molecule has 1 amide bonds. The summed E-state index contributed by atoms with van der Waals surface area (Å²) in [5.41, 5.74) is 2.23. The van der Waals surface area contributed by atoms with Gasteiger partial charge in [0.05, 0.1) is 17.6 Å². The van der Waals surface area contributed by atoms with Crippen molar-refractivity contribution in [2.75, 3.05) is 33.2 Å². The van der Waals surface area contributed by atoms with E-state index in [1.807, 2.05) is 18.2 Å². The van der Waals surface area contributed by atoms with E-state index in [1.165, 1.54) is 9.87 Å². The van der Waals surface area contributed by atoms with E-state index in [-0.39, 0.29) is 23.3 Å². The number of piperidine rings is 1. The van der Waals surface area contributed by atoms with Gasteiger partial charge in [-0.05, 0) is 50.6 Å². The summed E-state index contributed by atoms with van der Waals surface area (Å²) >= 11 is 0.998. The highest BCUT2D eigenvalue weighted by Crippen LogP contribution is 2.28. The lowest BCUT2D eigenvalue weighted by Gasteiger charge is -2.31. The van der Waals surface area contributed by atoms with Crippen LogP contribution in [0.5, 0.6) is 0 Å². The van der Waals surface area contributed by atoms with Crippen molar-refractivity contribution < 1.29 is 13.2 Å². The fraction of sp³-hybridized carbons (Fsp3) is 0.435. The zero-order chi connectivity index (χ0) is 23.3. The molecule has 1 atom stereocenters. The molecule has 0 radical (unpaired) electrons. The van der Waals surface area contributed by atoms with E-state index in [0.29, 0.717) is 37.0 Å². The third-order valence-corrected chi connectivity index (χ3v) is 8.37. The van der Waals surface area contributed by atoms with Gasteiger partial charge in [-0.25, -0.2) is 8.42 Å². The van der Waals surface area contributed by atoms with Gasteiger partial charge in [-0.2, -0.15) is 13.1 Å². The van der Waals surface area contributed by atoms with Crippen LogP contribution in [0.3, 0.4) is 0 Å². The molecule has 4 rings (SSSR count). The normalized spacial score (nSPS) is 17.5. The maximum Gasteiger partial charge on any atom is 0.245 e. The van der Waals surface area contributed by atoms with Gasteiger partial charge in [0.15, 0.2) is 0 Å². The summed E-state index contributed by atoms with van der Waals surface area (Å²) in [6.45, 7) is 2.91. The molecule has 0 spiro atoms. The third kappa shape index (κ3) is 5.75. The summed E-state index contributed by atoms with van der Waals surface area (Å²) in [6, 6.07) is 15.3.